The predicted molar refractivity (Wildman–Crippen MR) is 70.0 cm³/mol. The molecule has 0 aliphatic carbocycles. The van der Waals surface area contributed by atoms with Gasteiger partial charge in [-0.15, -0.1) is 0 Å². The van der Waals surface area contributed by atoms with Crippen LogP contribution in [0.5, 0.6) is 11.5 Å². The smallest absolute Gasteiger partial charge is 0.335 e. The van der Waals surface area contributed by atoms with Crippen molar-refractivity contribution in [3.05, 3.63) is 22.7 Å². The molecule has 1 aromatic rings. The molecule has 1 rings (SSSR count). The van der Waals surface area contributed by atoms with Gasteiger partial charge in [0.2, 0.25) is 0 Å². The molecule has 1 unspecified atom stereocenters. The monoisotopic (exact) mass is 272 g/mol. The quantitative estimate of drug-likeness (QED) is 0.859. The lowest BCUT2D eigenvalue weighted by atomic mass is 10.2. The zero-order valence-corrected chi connectivity index (χ0v) is 11.5. The third kappa shape index (κ3) is 3.53. The second-order valence-corrected chi connectivity index (χ2v) is 4.42. The van der Waals surface area contributed by atoms with Gasteiger partial charge in [-0.3, -0.25) is 0 Å². The van der Waals surface area contributed by atoms with Gasteiger partial charge in [-0.25, -0.2) is 4.79 Å². The normalized spacial score (nSPS) is 12.0. The summed E-state index contributed by atoms with van der Waals surface area (Å²) in [5.74, 6) is -0.323. The van der Waals surface area contributed by atoms with Gasteiger partial charge in [0.05, 0.1) is 23.8 Å². The van der Waals surface area contributed by atoms with Gasteiger partial charge in [0.15, 0.2) is 11.5 Å². The number of ether oxygens (including phenoxy) is 2. The summed E-state index contributed by atoms with van der Waals surface area (Å²) in [5.41, 5.74) is 0.0762. The van der Waals surface area contributed by atoms with Crippen LogP contribution >= 0.6 is 11.6 Å². The molecular weight excluding hydrogens is 256 g/mol. The number of carboxylic acids is 1. The molecule has 0 aliphatic rings. The Morgan fingerprint density at radius 1 is 1.50 bits per heavy atom. The van der Waals surface area contributed by atoms with Crippen LogP contribution in [-0.4, -0.2) is 24.3 Å². The summed E-state index contributed by atoms with van der Waals surface area (Å²) < 4.78 is 10.8. The number of hydrogen-bond donors (Lipinski definition) is 1. The highest BCUT2D eigenvalue weighted by Crippen LogP contribution is 2.37. The maximum Gasteiger partial charge on any atom is 0.335 e. The third-order valence-electron chi connectivity index (χ3n) is 2.49. The van der Waals surface area contributed by atoms with Gasteiger partial charge in [-0.1, -0.05) is 24.9 Å². The molecule has 1 N–H and O–H groups in total. The van der Waals surface area contributed by atoms with Gasteiger partial charge in [-0.2, -0.15) is 0 Å². The number of halogens is 1. The van der Waals surface area contributed by atoms with E-state index in [1.165, 1.54) is 19.2 Å². The van der Waals surface area contributed by atoms with Crippen molar-refractivity contribution in [1.29, 1.82) is 0 Å². The van der Waals surface area contributed by atoms with Crippen LogP contribution < -0.4 is 9.47 Å². The van der Waals surface area contributed by atoms with Gasteiger partial charge in [0.1, 0.15) is 0 Å². The first-order valence-corrected chi connectivity index (χ1v) is 6.14. The Labute approximate surface area is 111 Å². The van der Waals surface area contributed by atoms with Crippen molar-refractivity contribution in [3.63, 3.8) is 0 Å². The van der Waals surface area contributed by atoms with E-state index >= 15 is 0 Å². The van der Waals surface area contributed by atoms with Crippen LogP contribution in [0.1, 0.15) is 37.0 Å². The maximum absolute atomic E-state index is 10.9. The molecule has 0 saturated carbocycles. The molecule has 18 heavy (non-hydrogen) atoms. The molecule has 1 atom stereocenters. The van der Waals surface area contributed by atoms with Gasteiger partial charge < -0.3 is 14.6 Å². The lowest BCUT2D eigenvalue weighted by molar-refractivity contribution is 0.0696. The molecule has 5 heteroatoms. The molecule has 0 radical (unpaired) electrons. The molecular formula is C13H17ClO4. The van der Waals surface area contributed by atoms with Gasteiger partial charge >= 0.3 is 5.97 Å². The average Bonchev–Trinajstić information content (AvgIpc) is 2.31. The van der Waals surface area contributed by atoms with E-state index < -0.39 is 5.97 Å². The first-order valence-electron chi connectivity index (χ1n) is 5.77. The van der Waals surface area contributed by atoms with E-state index in [9.17, 15) is 4.79 Å². The minimum Gasteiger partial charge on any atom is -0.493 e. The SMILES string of the molecule is CCCC(C)Oc1c(Cl)cc(C(=O)O)cc1OC. The minimum atomic E-state index is -1.05. The maximum atomic E-state index is 10.9. The van der Waals surface area contributed by atoms with Crippen LogP contribution in [0.2, 0.25) is 5.02 Å². The highest BCUT2D eigenvalue weighted by molar-refractivity contribution is 6.32. The van der Waals surface area contributed by atoms with E-state index in [0.29, 0.717) is 11.5 Å². The van der Waals surface area contributed by atoms with E-state index in [1.54, 1.807) is 0 Å². The molecule has 0 bridgehead atoms. The standard InChI is InChI=1S/C13H17ClO4/c1-4-5-8(2)18-12-10(14)6-9(13(15)16)7-11(12)17-3/h6-8H,4-5H2,1-3H3,(H,15,16). The number of aromatic carboxylic acids is 1. The second kappa shape index (κ2) is 6.50. The van der Waals surface area contributed by atoms with Crippen molar-refractivity contribution in [2.24, 2.45) is 0 Å². The molecule has 0 amide bonds. The van der Waals surface area contributed by atoms with Crippen molar-refractivity contribution >= 4 is 17.6 Å². The summed E-state index contributed by atoms with van der Waals surface area (Å²) in [4.78, 5) is 10.9. The van der Waals surface area contributed by atoms with Crippen LogP contribution in [0.4, 0.5) is 0 Å². The molecule has 0 spiro atoms. The number of benzene rings is 1. The summed E-state index contributed by atoms with van der Waals surface area (Å²) in [7, 11) is 1.45. The zero-order chi connectivity index (χ0) is 13.7. The van der Waals surface area contributed by atoms with Crippen LogP contribution in [-0.2, 0) is 0 Å². The molecule has 0 saturated heterocycles. The molecule has 100 valence electrons. The summed E-state index contributed by atoms with van der Waals surface area (Å²) in [6, 6.07) is 2.77. The van der Waals surface area contributed by atoms with Crippen molar-refractivity contribution in [1.82, 2.24) is 0 Å². The lowest BCUT2D eigenvalue weighted by Crippen LogP contribution is -2.12. The van der Waals surface area contributed by atoms with Crippen LogP contribution in [0.25, 0.3) is 0 Å². The van der Waals surface area contributed by atoms with E-state index in [2.05, 4.69) is 6.92 Å². The molecule has 0 fully saturated rings. The Morgan fingerprint density at radius 2 is 2.17 bits per heavy atom. The molecule has 1 aromatic carbocycles. The number of rotatable bonds is 6. The molecule has 4 nitrogen and oxygen atoms in total. The fourth-order valence-electron chi connectivity index (χ4n) is 1.62. The van der Waals surface area contributed by atoms with E-state index in [4.69, 9.17) is 26.2 Å². The number of methoxy groups -OCH3 is 1. The summed E-state index contributed by atoms with van der Waals surface area (Å²) >= 11 is 6.03. The van der Waals surface area contributed by atoms with Crippen LogP contribution in [0.3, 0.4) is 0 Å². The predicted octanol–water partition coefficient (Wildman–Crippen LogP) is 3.61. The van der Waals surface area contributed by atoms with Crippen LogP contribution in [0, 0.1) is 0 Å². The Hall–Kier alpha value is -1.42. The summed E-state index contributed by atoms with van der Waals surface area (Å²) in [6.07, 6.45) is 1.88. The Morgan fingerprint density at radius 3 is 2.67 bits per heavy atom. The largest absolute Gasteiger partial charge is 0.493 e. The molecule has 0 heterocycles. The van der Waals surface area contributed by atoms with Gasteiger partial charge in [0.25, 0.3) is 0 Å². The molecule has 0 aliphatic heterocycles. The average molecular weight is 273 g/mol. The Bertz CT molecular complexity index is 431. The zero-order valence-electron chi connectivity index (χ0n) is 10.7. The van der Waals surface area contributed by atoms with E-state index in [-0.39, 0.29) is 16.7 Å². The van der Waals surface area contributed by atoms with Gasteiger partial charge in [0, 0.05) is 0 Å². The van der Waals surface area contributed by atoms with Gasteiger partial charge in [-0.05, 0) is 25.5 Å². The minimum absolute atomic E-state index is 0.00271. The highest BCUT2D eigenvalue weighted by atomic mass is 35.5. The fraction of sp³-hybridized carbons (Fsp3) is 0.462. The van der Waals surface area contributed by atoms with E-state index in [0.717, 1.165) is 12.8 Å². The van der Waals surface area contributed by atoms with Crippen LogP contribution in [0.15, 0.2) is 12.1 Å². The highest BCUT2D eigenvalue weighted by Gasteiger charge is 2.17. The Kier molecular flexibility index (Phi) is 5.28. The lowest BCUT2D eigenvalue weighted by Gasteiger charge is -2.18. The molecule has 0 aromatic heterocycles. The summed E-state index contributed by atoms with van der Waals surface area (Å²) in [5, 5.41) is 9.18. The second-order valence-electron chi connectivity index (χ2n) is 4.01. The van der Waals surface area contributed by atoms with Crippen molar-refractivity contribution in [2.75, 3.05) is 7.11 Å². The number of hydrogen-bond acceptors (Lipinski definition) is 3. The first kappa shape index (κ1) is 14.6. The van der Waals surface area contributed by atoms with Crippen molar-refractivity contribution < 1.29 is 19.4 Å². The first-order chi connectivity index (χ1) is 8.49. The van der Waals surface area contributed by atoms with E-state index in [1.807, 2.05) is 6.92 Å². The number of carboxylic acid groups (broad SMARTS) is 1. The fourth-order valence-corrected chi connectivity index (χ4v) is 1.88. The summed E-state index contributed by atoms with van der Waals surface area (Å²) in [6.45, 7) is 4.00. The van der Waals surface area contributed by atoms with Crippen molar-refractivity contribution in [2.45, 2.75) is 32.8 Å². The van der Waals surface area contributed by atoms with Crippen molar-refractivity contribution in [3.8, 4) is 11.5 Å². The topological polar surface area (TPSA) is 55.8 Å². The third-order valence-corrected chi connectivity index (χ3v) is 2.77. The number of carbonyl (C=O) groups is 1. The Balaban J connectivity index is 3.07.